The number of methoxy groups -OCH3 is 1. The van der Waals surface area contributed by atoms with Crippen LogP contribution < -0.4 is 24.4 Å². The SMILES string of the molecule is CCOC(=O)C1=C(C)N=c2s/c(=C\c3ccc(Br)cc3)c(=O)n2[C@@H]1c1ccc(OC(C)C)c(OC)c1. The summed E-state index contributed by atoms with van der Waals surface area (Å²) in [6.45, 7) is 7.58. The molecule has 36 heavy (non-hydrogen) atoms. The highest BCUT2D eigenvalue weighted by Crippen LogP contribution is 2.36. The number of thiazole rings is 1. The number of hydrogen-bond donors (Lipinski definition) is 0. The van der Waals surface area contributed by atoms with Crippen molar-refractivity contribution >= 4 is 39.3 Å². The summed E-state index contributed by atoms with van der Waals surface area (Å²) in [5, 5.41) is 0. The maximum absolute atomic E-state index is 13.7. The molecule has 2 aromatic carbocycles. The van der Waals surface area contributed by atoms with Gasteiger partial charge in [-0.3, -0.25) is 9.36 Å². The molecule has 3 aromatic rings. The van der Waals surface area contributed by atoms with Crippen LogP contribution in [0.4, 0.5) is 0 Å². The topological polar surface area (TPSA) is 79.1 Å². The van der Waals surface area contributed by atoms with Gasteiger partial charge < -0.3 is 14.2 Å². The molecular weight excluding hydrogens is 544 g/mol. The van der Waals surface area contributed by atoms with Gasteiger partial charge in [-0.05, 0) is 69.2 Å². The maximum atomic E-state index is 13.7. The molecule has 9 heteroatoms. The molecule has 0 fully saturated rings. The lowest BCUT2D eigenvalue weighted by atomic mass is 9.95. The third-order valence-corrected chi connectivity index (χ3v) is 7.06. The van der Waals surface area contributed by atoms with Crippen molar-refractivity contribution in [3.8, 4) is 11.5 Å². The minimum absolute atomic E-state index is 0.0433. The Bertz CT molecular complexity index is 1500. The van der Waals surface area contributed by atoms with E-state index in [2.05, 4.69) is 20.9 Å². The van der Waals surface area contributed by atoms with E-state index in [-0.39, 0.29) is 18.3 Å². The number of rotatable bonds is 7. The van der Waals surface area contributed by atoms with Crippen molar-refractivity contribution in [1.29, 1.82) is 0 Å². The molecule has 4 rings (SSSR count). The highest BCUT2D eigenvalue weighted by molar-refractivity contribution is 9.10. The Morgan fingerprint density at radius 3 is 2.56 bits per heavy atom. The van der Waals surface area contributed by atoms with Gasteiger partial charge in [0.25, 0.3) is 5.56 Å². The summed E-state index contributed by atoms with van der Waals surface area (Å²) in [6.07, 6.45) is 1.79. The zero-order valence-corrected chi connectivity index (χ0v) is 23.1. The predicted octanol–water partition coefficient (Wildman–Crippen LogP) is 4.36. The molecule has 0 bridgehead atoms. The molecule has 188 valence electrons. The zero-order valence-electron chi connectivity index (χ0n) is 20.7. The number of halogens is 1. The Kier molecular flexibility index (Phi) is 7.80. The number of aromatic nitrogens is 1. The molecule has 1 aliphatic heterocycles. The van der Waals surface area contributed by atoms with Crippen LogP contribution in [0, 0.1) is 0 Å². The van der Waals surface area contributed by atoms with E-state index in [0.29, 0.717) is 37.7 Å². The van der Waals surface area contributed by atoms with E-state index in [1.54, 1.807) is 37.7 Å². The summed E-state index contributed by atoms with van der Waals surface area (Å²) >= 11 is 4.72. The van der Waals surface area contributed by atoms with E-state index in [1.807, 2.05) is 50.3 Å². The molecule has 7 nitrogen and oxygen atoms in total. The largest absolute Gasteiger partial charge is 0.493 e. The molecule has 1 aliphatic rings. The molecule has 0 unspecified atom stereocenters. The smallest absolute Gasteiger partial charge is 0.338 e. The second-order valence-corrected chi connectivity index (χ2v) is 10.4. The average molecular weight is 571 g/mol. The highest BCUT2D eigenvalue weighted by Gasteiger charge is 2.34. The average Bonchev–Trinajstić information content (AvgIpc) is 3.14. The van der Waals surface area contributed by atoms with Gasteiger partial charge in [0, 0.05) is 4.47 Å². The summed E-state index contributed by atoms with van der Waals surface area (Å²) in [6, 6.07) is 12.4. The number of carbonyl (C=O) groups excluding carboxylic acids is 1. The van der Waals surface area contributed by atoms with Crippen LogP contribution >= 0.6 is 27.3 Å². The monoisotopic (exact) mass is 570 g/mol. The molecule has 0 radical (unpaired) electrons. The fraction of sp³-hybridized carbons (Fsp3) is 0.296. The summed E-state index contributed by atoms with van der Waals surface area (Å²) in [4.78, 5) is 31.9. The summed E-state index contributed by atoms with van der Waals surface area (Å²) in [7, 11) is 1.56. The van der Waals surface area contributed by atoms with Crippen LogP contribution in [-0.4, -0.2) is 30.4 Å². The molecule has 0 spiro atoms. The fourth-order valence-corrected chi connectivity index (χ4v) is 5.33. The third kappa shape index (κ3) is 5.17. The third-order valence-electron chi connectivity index (χ3n) is 5.55. The minimum Gasteiger partial charge on any atom is -0.493 e. The van der Waals surface area contributed by atoms with E-state index in [0.717, 1.165) is 10.0 Å². The van der Waals surface area contributed by atoms with Crippen LogP contribution in [0.15, 0.2) is 68.0 Å². The number of esters is 1. The number of nitrogens with zero attached hydrogens (tertiary/aromatic N) is 2. The summed E-state index contributed by atoms with van der Waals surface area (Å²) in [5.41, 5.74) is 2.17. The normalized spacial score (nSPS) is 15.5. The van der Waals surface area contributed by atoms with Gasteiger partial charge in [-0.25, -0.2) is 9.79 Å². The summed E-state index contributed by atoms with van der Waals surface area (Å²) < 4.78 is 19.8. The Balaban J connectivity index is 1.94. The van der Waals surface area contributed by atoms with E-state index < -0.39 is 12.0 Å². The minimum atomic E-state index is -0.727. The van der Waals surface area contributed by atoms with Gasteiger partial charge in [-0.2, -0.15) is 0 Å². The van der Waals surface area contributed by atoms with Crippen molar-refractivity contribution in [1.82, 2.24) is 4.57 Å². The molecule has 2 heterocycles. The molecule has 1 atom stereocenters. The second kappa shape index (κ2) is 10.8. The van der Waals surface area contributed by atoms with Crippen LogP contribution in [0.2, 0.25) is 0 Å². The first-order chi connectivity index (χ1) is 17.2. The Morgan fingerprint density at radius 1 is 1.19 bits per heavy atom. The number of hydrogen-bond acceptors (Lipinski definition) is 7. The second-order valence-electron chi connectivity index (χ2n) is 8.43. The number of benzene rings is 2. The van der Waals surface area contributed by atoms with E-state index in [4.69, 9.17) is 14.2 Å². The quantitative estimate of drug-likeness (QED) is 0.394. The van der Waals surface area contributed by atoms with Crippen molar-refractivity contribution in [2.75, 3.05) is 13.7 Å². The van der Waals surface area contributed by atoms with E-state index in [9.17, 15) is 9.59 Å². The maximum Gasteiger partial charge on any atom is 0.338 e. The first kappa shape index (κ1) is 25.9. The number of fused-ring (bicyclic) bond motifs is 1. The number of carbonyl (C=O) groups is 1. The van der Waals surface area contributed by atoms with Gasteiger partial charge in [0.1, 0.15) is 0 Å². The van der Waals surface area contributed by atoms with Crippen LogP contribution in [0.1, 0.15) is 44.9 Å². The van der Waals surface area contributed by atoms with Crippen LogP contribution in [0.25, 0.3) is 6.08 Å². The van der Waals surface area contributed by atoms with E-state index >= 15 is 0 Å². The van der Waals surface area contributed by atoms with Gasteiger partial charge in [-0.1, -0.05) is 45.5 Å². The van der Waals surface area contributed by atoms with Crippen molar-refractivity contribution in [2.45, 2.75) is 39.8 Å². The van der Waals surface area contributed by atoms with E-state index in [1.165, 1.54) is 11.3 Å². The van der Waals surface area contributed by atoms with Gasteiger partial charge >= 0.3 is 5.97 Å². The molecular formula is C27H27BrN2O5S. The Morgan fingerprint density at radius 2 is 1.92 bits per heavy atom. The van der Waals surface area contributed by atoms with Crippen molar-refractivity contribution in [3.63, 3.8) is 0 Å². The first-order valence-electron chi connectivity index (χ1n) is 11.5. The van der Waals surface area contributed by atoms with Gasteiger partial charge in [0.2, 0.25) is 0 Å². The lowest BCUT2D eigenvalue weighted by molar-refractivity contribution is -0.139. The van der Waals surface area contributed by atoms with Crippen LogP contribution in [-0.2, 0) is 9.53 Å². The molecule has 0 saturated heterocycles. The van der Waals surface area contributed by atoms with Crippen LogP contribution in [0.3, 0.4) is 0 Å². The lowest BCUT2D eigenvalue weighted by Gasteiger charge is -2.25. The molecule has 0 aliphatic carbocycles. The Hall–Kier alpha value is -3.17. The van der Waals surface area contributed by atoms with Gasteiger partial charge in [-0.15, -0.1) is 0 Å². The van der Waals surface area contributed by atoms with Crippen molar-refractivity contribution in [2.24, 2.45) is 4.99 Å². The first-order valence-corrected chi connectivity index (χ1v) is 13.1. The molecule has 0 N–H and O–H groups in total. The molecule has 1 aromatic heterocycles. The van der Waals surface area contributed by atoms with Gasteiger partial charge in [0.05, 0.1) is 41.7 Å². The standard InChI is InChI=1S/C27H27BrN2O5S/c1-6-34-26(32)23-16(4)29-27-30(25(31)22(36-27)13-17-7-10-19(28)11-8-17)24(23)18-9-12-20(35-15(2)3)21(14-18)33-5/h7-15,24H,6H2,1-5H3/b22-13-/t24-/m1/s1. The Labute approximate surface area is 221 Å². The molecule has 0 amide bonds. The lowest BCUT2D eigenvalue weighted by Crippen LogP contribution is -2.40. The number of allylic oxidation sites excluding steroid dienone is 1. The highest BCUT2D eigenvalue weighted by atomic mass is 79.9. The molecule has 0 saturated carbocycles. The van der Waals surface area contributed by atoms with Crippen molar-refractivity contribution in [3.05, 3.63) is 89.0 Å². The predicted molar refractivity (Wildman–Crippen MR) is 143 cm³/mol. The number of ether oxygens (including phenoxy) is 3. The zero-order chi connectivity index (χ0) is 26.0. The fourth-order valence-electron chi connectivity index (χ4n) is 4.02. The summed E-state index contributed by atoms with van der Waals surface area (Å²) in [5.74, 6) is 0.584. The van der Waals surface area contributed by atoms with Gasteiger partial charge in [0.15, 0.2) is 16.3 Å². The van der Waals surface area contributed by atoms with Crippen molar-refractivity contribution < 1.29 is 19.0 Å². The van der Waals surface area contributed by atoms with Crippen LogP contribution in [0.5, 0.6) is 11.5 Å².